The maximum atomic E-state index is 10.7. The van der Waals surface area contributed by atoms with Gasteiger partial charge in [0, 0.05) is 19.1 Å². The Kier molecular flexibility index (Phi) is 5.08. The van der Waals surface area contributed by atoms with Crippen LogP contribution in [0.15, 0.2) is 0 Å². The van der Waals surface area contributed by atoms with Gasteiger partial charge in [0.05, 0.1) is 5.60 Å². The molecule has 2 nitrogen and oxygen atoms in total. The maximum Gasteiger partial charge on any atom is 0.0672 e. The number of piperidine rings is 1. The molecule has 0 aromatic carbocycles. The Hall–Kier alpha value is -0.0800. The predicted molar refractivity (Wildman–Crippen MR) is 76.7 cm³/mol. The van der Waals surface area contributed by atoms with Gasteiger partial charge in [-0.3, -0.25) is 0 Å². The maximum absolute atomic E-state index is 10.7. The molecule has 18 heavy (non-hydrogen) atoms. The van der Waals surface area contributed by atoms with E-state index >= 15 is 0 Å². The van der Waals surface area contributed by atoms with Gasteiger partial charge in [-0.2, -0.15) is 0 Å². The van der Waals surface area contributed by atoms with Crippen LogP contribution < -0.4 is 0 Å². The van der Waals surface area contributed by atoms with E-state index in [2.05, 4.69) is 18.7 Å². The van der Waals surface area contributed by atoms with Gasteiger partial charge in [0.15, 0.2) is 0 Å². The summed E-state index contributed by atoms with van der Waals surface area (Å²) in [6, 6.07) is 0.632. The van der Waals surface area contributed by atoms with E-state index in [0.717, 1.165) is 38.3 Å². The number of likely N-dealkylation sites (tertiary alicyclic amines) is 1. The third-order valence-corrected chi connectivity index (χ3v) is 5.20. The van der Waals surface area contributed by atoms with E-state index < -0.39 is 0 Å². The summed E-state index contributed by atoms with van der Waals surface area (Å²) >= 11 is 0. The van der Waals surface area contributed by atoms with Crippen LogP contribution >= 0.6 is 0 Å². The first-order valence-electron chi connectivity index (χ1n) is 8.05. The van der Waals surface area contributed by atoms with Crippen LogP contribution in [-0.2, 0) is 0 Å². The number of hydrogen-bond donors (Lipinski definition) is 1. The molecule has 0 aromatic heterocycles. The second kappa shape index (κ2) is 6.38. The van der Waals surface area contributed by atoms with Crippen molar-refractivity contribution >= 4 is 0 Å². The van der Waals surface area contributed by atoms with Crippen LogP contribution in [0.25, 0.3) is 0 Å². The molecule has 2 rings (SSSR count). The number of nitrogens with zero attached hydrogens (tertiary/aromatic N) is 1. The van der Waals surface area contributed by atoms with Gasteiger partial charge >= 0.3 is 0 Å². The van der Waals surface area contributed by atoms with E-state index in [1.807, 2.05) is 0 Å². The molecule has 1 saturated heterocycles. The molecule has 0 atom stereocenters. The molecule has 0 bridgehead atoms. The van der Waals surface area contributed by atoms with Crippen molar-refractivity contribution in [3.05, 3.63) is 0 Å². The average molecular weight is 253 g/mol. The Bertz CT molecular complexity index is 237. The molecule has 0 radical (unpaired) electrons. The summed E-state index contributed by atoms with van der Waals surface area (Å²) in [6.45, 7) is 6.68. The molecule has 1 N–H and O–H groups in total. The smallest absolute Gasteiger partial charge is 0.0672 e. The zero-order valence-electron chi connectivity index (χ0n) is 12.3. The highest BCUT2D eigenvalue weighted by Crippen LogP contribution is 2.33. The van der Waals surface area contributed by atoms with Gasteiger partial charge in [-0.05, 0) is 45.4 Å². The van der Waals surface area contributed by atoms with Crippen LogP contribution in [0.5, 0.6) is 0 Å². The largest absolute Gasteiger partial charge is 0.390 e. The molecule has 0 spiro atoms. The fourth-order valence-electron chi connectivity index (χ4n) is 3.66. The van der Waals surface area contributed by atoms with Crippen molar-refractivity contribution in [1.82, 2.24) is 4.90 Å². The highest BCUT2D eigenvalue weighted by Gasteiger charge is 2.33. The molecule has 2 fully saturated rings. The lowest BCUT2D eigenvalue weighted by molar-refractivity contribution is -0.0384. The van der Waals surface area contributed by atoms with Crippen molar-refractivity contribution in [2.75, 3.05) is 13.1 Å². The standard InChI is InChI=1S/C16H31NO/c1-14(2)17-12-10-16(18,11-13-17)9-8-15-6-4-3-5-7-15/h14-15,18H,3-13H2,1-2H3. The van der Waals surface area contributed by atoms with Gasteiger partial charge in [0.25, 0.3) is 0 Å². The van der Waals surface area contributed by atoms with Gasteiger partial charge in [0.1, 0.15) is 0 Å². The van der Waals surface area contributed by atoms with Crippen LogP contribution in [0.2, 0.25) is 0 Å². The molecule has 0 amide bonds. The quantitative estimate of drug-likeness (QED) is 0.828. The average Bonchev–Trinajstić information content (AvgIpc) is 2.38. The third kappa shape index (κ3) is 3.96. The molecular formula is C16H31NO. The highest BCUT2D eigenvalue weighted by atomic mass is 16.3. The minimum absolute atomic E-state index is 0.344. The zero-order valence-corrected chi connectivity index (χ0v) is 12.3. The molecular weight excluding hydrogens is 222 g/mol. The van der Waals surface area contributed by atoms with Crippen LogP contribution in [0, 0.1) is 5.92 Å². The first-order chi connectivity index (χ1) is 8.59. The lowest BCUT2D eigenvalue weighted by atomic mass is 9.80. The van der Waals surface area contributed by atoms with Gasteiger partial charge in [-0.1, -0.05) is 32.1 Å². The number of aliphatic hydroxyl groups is 1. The van der Waals surface area contributed by atoms with E-state index in [1.165, 1.54) is 38.5 Å². The van der Waals surface area contributed by atoms with Crippen molar-refractivity contribution in [1.29, 1.82) is 0 Å². The van der Waals surface area contributed by atoms with E-state index in [1.54, 1.807) is 0 Å². The summed E-state index contributed by atoms with van der Waals surface area (Å²) < 4.78 is 0. The van der Waals surface area contributed by atoms with Gasteiger partial charge in [-0.25, -0.2) is 0 Å². The summed E-state index contributed by atoms with van der Waals surface area (Å²) in [5.74, 6) is 0.908. The fourth-order valence-corrected chi connectivity index (χ4v) is 3.66. The van der Waals surface area contributed by atoms with E-state index in [-0.39, 0.29) is 5.60 Å². The molecule has 1 heterocycles. The Labute approximate surface area is 113 Å². The highest BCUT2D eigenvalue weighted by molar-refractivity contribution is 4.87. The monoisotopic (exact) mass is 253 g/mol. The van der Waals surface area contributed by atoms with Crippen molar-refractivity contribution < 1.29 is 5.11 Å². The van der Waals surface area contributed by atoms with Gasteiger partial charge in [0.2, 0.25) is 0 Å². The fraction of sp³-hybridized carbons (Fsp3) is 1.00. The molecule has 1 saturated carbocycles. The second-order valence-electron chi connectivity index (χ2n) is 6.90. The molecule has 2 heteroatoms. The van der Waals surface area contributed by atoms with Crippen LogP contribution in [0.4, 0.5) is 0 Å². The SMILES string of the molecule is CC(C)N1CCC(O)(CCC2CCCCC2)CC1. The zero-order chi connectivity index (χ0) is 13.0. The Balaban J connectivity index is 1.72. The first-order valence-corrected chi connectivity index (χ1v) is 8.05. The van der Waals surface area contributed by atoms with Crippen LogP contribution in [-0.4, -0.2) is 34.7 Å². The van der Waals surface area contributed by atoms with Crippen LogP contribution in [0.1, 0.15) is 71.6 Å². The summed E-state index contributed by atoms with van der Waals surface area (Å²) in [5.41, 5.74) is -0.344. The molecule has 0 unspecified atom stereocenters. The second-order valence-corrected chi connectivity index (χ2v) is 6.90. The van der Waals surface area contributed by atoms with E-state index in [9.17, 15) is 5.11 Å². The Morgan fingerprint density at radius 2 is 1.72 bits per heavy atom. The number of hydrogen-bond acceptors (Lipinski definition) is 2. The van der Waals surface area contributed by atoms with Crippen molar-refractivity contribution in [3.63, 3.8) is 0 Å². The van der Waals surface area contributed by atoms with Gasteiger partial charge in [-0.15, -0.1) is 0 Å². The van der Waals surface area contributed by atoms with Crippen molar-refractivity contribution in [2.24, 2.45) is 5.92 Å². The molecule has 0 aromatic rings. The first kappa shape index (κ1) is 14.3. The summed E-state index contributed by atoms with van der Waals surface area (Å²) in [5, 5.41) is 10.7. The normalized spacial score (nSPS) is 26.7. The predicted octanol–water partition coefficient (Wildman–Crippen LogP) is 3.58. The van der Waals surface area contributed by atoms with Crippen molar-refractivity contribution in [3.8, 4) is 0 Å². The van der Waals surface area contributed by atoms with E-state index in [0.29, 0.717) is 6.04 Å². The summed E-state index contributed by atoms with van der Waals surface area (Å²) in [7, 11) is 0. The molecule has 106 valence electrons. The third-order valence-electron chi connectivity index (χ3n) is 5.20. The topological polar surface area (TPSA) is 23.5 Å². The van der Waals surface area contributed by atoms with Crippen LogP contribution in [0.3, 0.4) is 0 Å². The van der Waals surface area contributed by atoms with E-state index in [4.69, 9.17) is 0 Å². The minimum Gasteiger partial charge on any atom is -0.390 e. The molecule has 1 aliphatic heterocycles. The minimum atomic E-state index is -0.344. The lowest BCUT2D eigenvalue weighted by Crippen LogP contribution is -2.46. The number of rotatable bonds is 4. The molecule has 2 aliphatic rings. The summed E-state index contributed by atoms with van der Waals surface area (Å²) in [6.07, 6.45) is 11.4. The van der Waals surface area contributed by atoms with Crippen molar-refractivity contribution in [2.45, 2.75) is 83.3 Å². The Morgan fingerprint density at radius 1 is 1.11 bits per heavy atom. The lowest BCUT2D eigenvalue weighted by Gasteiger charge is -2.40. The molecule has 1 aliphatic carbocycles. The van der Waals surface area contributed by atoms with Gasteiger partial charge < -0.3 is 10.0 Å². The Morgan fingerprint density at radius 3 is 2.28 bits per heavy atom. The summed E-state index contributed by atoms with van der Waals surface area (Å²) in [4.78, 5) is 2.50.